The molecule has 4 aromatic rings. The van der Waals surface area contributed by atoms with Crippen LogP contribution in [-0.4, -0.2) is 69.8 Å². The van der Waals surface area contributed by atoms with Crippen LogP contribution >= 0.6 is 0 Å². The zero-order chi connectivity index (χ0) is 32.6. The smallest absolute Gasteiger partial charge is 0.419 e. The Balaban J connectivity index is 1.47. The molecule has 10 nitrogen and oxygen atoms in total. The third-order valence-electron chi connectivity index (χ3n) is 9.51. The molecule has 4 aliphatic heterocycles. The van der Waals surface area contributed by atoms with Crippen LogP contribution in [0.1, 0.15) is 38.3 Å². The summed E-state index contributed by atoms with van der Waals surface area (Å²) in [5, 5.41) is -0.176. The fourth-order valence-corrected chi connectivity index (χ4v) is 12.9. The molecular formula is C33H30N4O6S3. The van der Waals surface area contributed by atoms with Crippen molar-refractivity contribution in [2.45, 2.75) is 59.5 Å². The summed E-state index contributed by atoms with van der Waals surface area (Å²) >= 11 is 6.03. The van der Waals surface area contributed by atoms with Crippen molar-refractivity contribution in [2.24, 2.45) is 0 Å². The van der Waals surface area contributed by atoms with Gasteiger partial charge in [0, 0.05) is 25.1 Å². The molecule has 0 saturated carbocycles. The SMILES string of the molecule is CN1C(=O)[C@@]23C[C@]4(c5cn(C(=O)OC(C)(C)C)c6ccccc56)c5ccccc5N(S(=O)(=O)c5ccccc5)[C@@H]4N2C(=O)C1S3=S. The summed E-state index contributed by atoms with van der Waals surface area (Å²) in [7, 11) is -3.87. The highest BCUT2D eigenvalue weighted by Crippen LogP contribution is 2.67. The van der Waals surface area contributed by atoms with Gasteiger partial charge in [-0.25, -0.2) is 17.5 Å². The Labute approximate surface area is 273 Å². The van der Waals surface area contributed by atoms with Gasteiger partial charge in [-0.3, -0.25) is 19.1 Å². The van der Waals surface area contributed by atoms with Crippen LogP contribution in [0.3, 0.4) is 0 Å². The Bertz CT molecular complexity index is 2160. The van der Waals surface area contributed by atoms with E-state index in [1.165, 1.54) is 30.8 Å². The number of rotatable bonds is 3. The molecule has 2 bridgehead atoms. The van der Waals surface area contributed by atoms with E-state index < -0.39 is 53.0 Å². The second kappa shape index (κ2) is 9.26. The summed E-state index contributed by atoms with van der Waals surface area (Å²) in [6.45, 7) is 5.35. The van der Waals surface area contributed by atoms with Gasteiger partial charge in [0.1, 0.15) is 11.8 Å². The van der Waals surface area contributed by atoms with Crippen molar-refractivity contribution in [1.29, 1.82) is 0 Å². The molecule has 13 heteroatoms. The molecule has 0 radical (unpaired) electrons. The number of hydrogen-bond donors (Lipinski definition) is 0. The second-order valence-corrected chi connectivity index (χ2v) is 17.7. The average molecular weight is 675 g/mol. The van der Waals surface area contributed by atoms with Crippen LogP contribution in [-0.2, 0) is 50.4 Å². The van der Waals surface area contributed by atoms with Crippen molar-refractivity contribution in [2.75, 3.05) is 11.4 Å². The first-order valence-corrected chi connectivity index (χ1v) is 18.5. The molecule has 5 atom stereocenters. The molecule has 0 aliphatic carbocycles. The number of fused-ring (bicyclic) bond motifs is 6. The monoisotopic (exact) mass is 674 g/mol. The minimum atomic E-state index is -4.28. The fourth-order valence-electron chi connectivity index (χ4n) is 7.85. The highest BCUT2D eigenvalue weighted by atomic mass is 32.8. The first-order chi connectivity index (χ1) is 21.8. The van der Waals surface area contributed by atoms with Gasteiger partial charge in [-0.1, -0.05) is 64.1 Å². The van der Waals surface area contributed by atoms with E-state index in [0.29, 0.717) is 27.7 Å². The highest BCUT2D eigenvalue weighted by molar-refractivity contribution is 8.31. The number of amides is 2. The molecule has 3 fully saturated rings. The van der Waals surface area contributed by atoms with Gasteiger partial charge >= 0.3 is 6.09 Å². The van der Waals surface area contributed by atoms with Crippen LogP contribution in [0.15, 0.2) is 90.0 Å². The van der Waals surface area contributed by atoms with Crippen molar-refractivity contribution in [3.8, 4) is 0 Å². The lowest BCUT2D eigenvalue weighted by Gasteiger charge is -2.40. The molecule has 46 heavy (non-hydrogen) atoms. The summed E-state index contributed by atoms with van der Waals surface area (Å²) in [5.41, 5.74) is 0.159. The van der Waals surface area contributed by atoms with Crippen molar-refractivity contribution < 1.29 is 27.5 Å². The summed E-state index contributed by atoms with van der Waals surface area (Å²) < 4.78 is 38.1. The minimum Gasteiger partial charge on any atom is -0.443 e. The van der Waals surface area contributed by atoms with Crippen molar-refractivity contribution in [3.05, 3.63) is 96.2 Å². The molecule has 1 aromatic heterocycles. The minimum absolute atomic E-state index is 0.0513. The molecule has 4 aliphatic rings. The Morgan fingerprint density at radius 2 is 1.61 bits per heavy atom. The van der Waals surface area contributed by atoms with Crippen molar-refractivity contribution in [1.82, 2.24) is 14.4 Å². The van der Waals surface area contributed by atoms with Gasteiger partial charge < -0.3 is 9.64 Å². The van der Waals surface area contributed by atoms with E-state index >= 15 is 0 Å². The maximum absolute atomic E-state index is 14.8. The Morgan fingerprint density at radius 3 is 2.33 bits per heavy atom. The number of carbonyl (C=O) groups is 3. The van der Waals surface area contributed by atoms with E-state index in [4.69, 9.17) is 15.9 Å². The second-order valence-electron chi connectivity index (χ2n) is 13.1. The van der Waals surface area contributed by atoms with Crippen LogP contribution in [0.2, 0.25) is 0 Å². The molecule has 2 unspecified atom stereocenters. The summed E-state index contributed by atoms with van der Waals surface area (Å²) in [5.74, 6) is -0.668. The molecule has 5 heterocycles. The lowest BCUT2D eigenvalue weighted by atomic mass is 9.72. The summed E-state index contributed by atoms with van der Waals surface area (Å²) in [4.78, 5) is 43.8. The average Bonchev–Trinajstić information content (AvgIpc) is 3.73. The number of hydrogen-bond acceptors (Lipinski definition) is 7. The molecule has 3 aromatic carbocycles. The van der Waals surface area contributed by atoms with Crippen LogP contribution in [0.5, 0.6) is 0 Å². The van der Waals surface area contributed by atoms with E-state index in [0.717, 1.165) is 0 Å². The van der Waals surface area contributed by atoms with Gasteiger partial charge in [0.2, 0.25) is 0 Å². The normalized spacial score (nSPS) is 28.2. The largest absolute Gasteiger partial charge is 0.443 e. The Hall–Kier alpha value is -4.07. The lowest BCUT2D eigenvalue weighted by molar-refractivity contribution is -0.154. The van der Waals surface area contributed by atoms with Crippen LogP contribution in [0.25, 0.3) is 10.9 Å². The predicted octanol–water partition coefficient (Wildman–Crippen LogP) is 4.07. The Kier molecular flexibility index (Phi) is 5.91. The first-order valence-electron chi connectivity index (χ1n) is 14.8. The number of carbonyl (C=O) groups excluding carboxylic acids is 3. The number of likely N-dealkylation sites (N-methyl/N-ethyl adjacent to an activating group) is 1. The standard InChI is InChI=1S/C33H30N4O6S3/c1-31(2,3)43-30(40)35-18-23(21-14-8-10-16-24(21)35)32-19-33-29(39)34(4)27(45(33)44)26(38)36(33)28(32)37(25-17-11-9-15-22(25)32)46(41,42)20-12-6-5-7-13-20/h5-18,27-28H,19H2,1-4H3/t27?,28-,32+,33-,45?/m0/s1. The molecular weight excluding hydrogens is 645 g/mol. The van der Waals surface area contributed by atoms with Crippen molar-refractivity contribution in [3.63, 3.8) is 0 Å². The van der Waals surface area contributed by atoms with E-state index in [1.54, 1.807) is 70.4 Å². The maximum Gasteiger partial charge on any atom is 0.419 e. The number of aromatic nitrogens is 1. The van der Waals surface area contributed by atoms with E-state index in [-0.39, 0.29) is 23.1 Å². The van der Waals surface area contributed by atoms with Gasteiger partial charge in [-0.05, 0) is 67.4 Å². The van der Waals surface area contributed by atoms with Crippen LogP contribution in [0, 0.1) is 0 Å². The van der Waals surface area contributed by atoms with E-state index in [1.807, 2.05) is 30.3 Å². The zero-order valence-corrected chi connectivity index (χ0v) is 27.9. The molecule has 0 N–H and O–H groups in total. The number of sulfonamides is 1. The third-order valence-corrected chi connectivity index (χ3v) is 14.8. The Morgan fingerprint density at radius 1 is 0.957 bits per heavy atom. The molecule has 236 valence electrons. The molecule has 2 amide bonds. The lowest BCUT2D eigenvalue weighted by Crippen LogP contribution is -2.63. The maximum atomic E-state index is 14.8. The van der Waals surface area contributed by atoms with Crippen molar-refractivity contribution >= 4 is 65.2 Å². The number of para-hydroxylation sites is 2. The van der Waals surface area contributed by atoms with Gasteiger partial charge in [0.25, 0.3) is 21.8 Å². The van der Waals surface area contributed by atoms with Crippen LogP contribution < -0.4 is 4.31 Å². The quantitative estimate of drug-likeness (QED) is 0.323. The van der Waals surface area contributed by atoms with E-state index in [2.05, 4.69) is 0 Å². The number of benzene rings is 3. The van der Waals surface area contributed by atoms with Gasteiger partial charge in [0.15, 0.2) is 10.2 Å². The molecule has 8 rings (SSSR count). The number of piperazine rings is 1. The summed E-state index contributed by atoms with van der Waals surface area (Å²) in [6.07, 6.45) is -0.0217. The fraction of sp³-hybridized carbons (Fsp3) is 0.303. The zero-order valence-electron chi connectivity index (χ0n) is 25.4. The number of ether oxygens (including phenoxy) is 1. The number of anilines is 1. The number of nitrogens with zero attached hydrogens (tertiary/aromatic N) is 4. The molecule has 1 spiro atoms. The molecule has 3 saturated heterocycles. The first kappa shape index (κ1) is 29.3. The van der Waals surface area contributed by atoms with Gasteiger partial charge in [0.05, 0.1) is 21.5 Å². The highest BCUT2D eigenvalue weighted by Gasteiger charge is 2.81. The van der Waals surface area contributed by atoms with Crippen LogP contribution in [0.4, 0.5) is 10.5 Å². The van der Waals surface area contributed by atoms with Gasteiger partial charge in [-0.15, -0.1) is 0 Å². The summed E-state index contributed by atoms with van der Waals surface area (Å²) in [6, 6.07) is 22.6. The van der Waals surface area contributed by atoms with Gasteiger partial charge in [-0.2, -0.15) is 0 Å². The third kappa shape index (κ3) is 3.42. The predicted molar refractivity (Wildman–Crippen MR) is 176 cm³/mol. The van der Waals surface area contributed by atoms with E-state index in [9.17, 15) is 22.8 Å². The topological polar surface area (TPSA) is 109 Å².